The second-order valence-electron chi connectivity index (χ2n) is 8.56. The Kier molecular flexibility index (Phi) is 7.47. The fourth-order valence-electron chi connectivity index (χ4n) is 4.99. The van der Waals surface area contributed by atoms with Gasteiger partial charge in [0.25, 0.3) is 11.7 Å². The molecule has 2 aromatic carbocycles. The van der Waals surface area contributed by atoms with Crippen LogP contribution in [0.1, 0.15) is 49.3 Å². The second kappa shape index (κ2) is 10.4. The lowest BCUT2D eigenvalue weighted by atomic mass is 9.91. The molecule has 2 aromatic rings. The van der Waals surface area contributed by atoms with Gasteiger partial charge in [0.05, 0.1) is 43.5 Å². The minimum atomic E-state index is -0.784. The minimum Gasteiger partial charge on any atom is -0.507 e. The average Bonchev–Trinajstić information content (AvgIpc) is 3.14. The lowest BCUT2D eigenvalue weighted by molar-refractivity contribution is -0.141. The van der Waals surface area contributed by atoms with E-state index in [2.05, 4.69) is 0 Å². The molecule has 1 atom stereocenters. The fourth-order valence-corrected chi connectivity index (χ4v) is 5.68. The molecule has 2 aliphatic rings. The number of halogens is 2. The summed E-state index contributed by atoms with van der Waals surface area (Å²) in [6, 6.07) is 7.64. The van der Waals surface area contributed by atoms with Crippen LogP contribution in [-0.4, -0.2) is 49.1 Å². The Morgan fingerprint density at radius 1 is 0.943 bits per heavy atom. The number of likely N-dealkylation sites (tertiary alicyclic amines) is 1. The molecule has 1 aliphatic heterocycles. The number of amides is 1. The van der Waals surface area contributed by atoms with E-state index in [0.29, 0.717) is 11.3 Å². The van der Waals surface area contributed by atoms with Crippen molar-refractivity contribution >= 4 is 40.7 Å². The molecule has 4 rings (SSSR count). The molecule has 9 heteroatoms. The zero-order chi connectivity index (χ0) is 25.3. The van der Waals surface area contributed by atoms with Crippen molar-refractivity contribution in [2.75, 3.05) is 21.3 Å². The third kappa shape index (κ3) is 4.43. The Morgan fingerprint density at radius 3 is 2.14 bits per heavy atom. The van der Waals surface area contributed by atoms with Crippen molar-refractivity contribution in [1.82, 2.24) is 4.90 Å². The highest BCUT2D eigenvalue weighted by molar-refractivity contribution is 6.47. The number of carbonyl (C=O) groups excluding carboxylic acids is 2. The number of Topliss-reactive ketones (excluding diaryl/α,β-unsaturated/α-hetero) is 1. The molecule has 0 radical (unpaired) electrons. The van der Waals surface area contributed by atoms with Crippen LogP contribution in [0.15, 0.2) is 35.9 Å². The zero-order valence-electron chi connectivity index (χ0n) is 19.8. The molecule has 1 unspecified atom stereocenters. The molecule has 0 spiro atoms. The summed E-state index contributed by atoms with van der Waals surface area (Å²) in [7, 11) is 4.35. The number of aliphatic hydroxyl groups excluding tert-OH is 1. The first kappa shape index (κ1) is 25.2. The molecule has 1 aliphatic carbocycles. The normalized spacial score (nSPS) is 20.3. The van der Waals surface area contributed by atoms with Gasteiger partial charge in [-0.3, -0.25) is 9.59 Å². The van der Waals surface area contributed by atoms with Gasteiger partial charge < -0.3 is 24.2 Å². The summed E-state index contributed by atoms with van der Waals surface area (Å²) >= 11 is 12.8. The number of methoxy groups -OCH3 is 3. The number of rotatable bonds is 6. The first-order chi connectivity index (χ1) is 16.8. The number of aliphatic hydroxyl groups is 1. The van der Waals surface area contributed by atoms with Crippen molar-refractivity contribution in [2.45, 2.75) is 44.2 Å². The van der Waals surface area contributed by atoms with Gasteiger partial charge in [-0.05, 0) is 36.6 Å². The van der Waals surface area contributed by atoms with E-state index in [-0.39, 0.29) is 38.7 Å². The van der Waals surface area contributed by atoms with Gasteiger partial charge in [0.1, 0.15) is 16.5 Å². The predicted octanol–water partition coefficient (Wildman–Crippen LogP) is 5.77. The van der Waals surface area contributed by atoms with Crippen LogP contribution in [0.4, 0.5) is 0 Å². The Morgan fingerprint density at radius 2 is 1.57 bits per heavy atom. The fraction of sp³-hybridized carbons (Fsp3) is 0.385. The molecule has 1 amide bonds. The van der Waals surface area contributed by atoms with Crippen LogP contribution in [-0.2, 0) is 9.59 Å². The minimum absolute atomic E-state index is 0.0404. The maximum absolute atomic E-state index is 13.4. The van der Waals surface area contributed by atoms with E-state index in [1.54, 1.807) is 36.3 Å². The molecule has 1 heterocycles. The standard InChI is InChI=1S/C26H27Cl2NO6/c1-33-16-11-9-14(10-12-16)21-19(23(31)26(32)29(21)15-7-5-4-6-8-15)22(30)17-13-18(27)25(35-3)20(28)24(17)34-2/h9-13,15,21,30H,4-8H2,1-3H3/b22-19+. The first-order valence-electron chi connectivity index (χ1n) is 11.4. The molecule has 0 bridgehead atoms. The van der Waals surface area contributed by atoms with E-state index in [1.165, 1.54) is 20.3 Å². The highest BCUT2D eigenvalue weighted by atomic mass is 35.5. The summed E-state index contributed by atoms with van der Waals surface area (Å²) in [4.78, 5) is 28.4. The topological polar surface area (TPSA) is 85.3 Å². The quantitative estimate of drug-likeness (QED) is 0.296. The Hall–Kier alpha value is -2.90. The van der Waals surface area contributed by atoms with Gasteiger partial charge in [0.2, 0.25) is 0 Å². The van der Waals surface area contributed by atoms with E-state index >= 15 is 0 Å². The van der Waals surface area contributed by atoms with E-state index < -0.39 is 23.5 Å². The third-order valence-corrected chi connectivity index (χ3v) is 7.30. The van der Waals surface area contributed by atoms with Crippen molar-refractivity contribution in [1.29, 1.82) is 0 Å². The van der Waals surface area contributed by atoms with Gasteiger partial charge in [-0.25, -0.2) is 0 Å². The van der Waals surface area contributed by atoms with Crippen LogP contribution in [0, 0.1) is 0 Å². The lowest BCUT2D eigenvalue weighted by Crippen LogP contribution is -2.40. The Bertz CT molecular complexity index is 1170. The van der Waals surface area contributed by atoms with Crippen LogP contribution in [0.5, 0.6) is 17.2 Å². The number of ether oxygens (including phenoxy) is 3. The molecule has 1 N–H and O–H groups in total. The summed E-state index contributed by atoms with van der Waals surface area (Å²) < 4.78 is 16.0. The van der Waals surface area contributed by atoms with Crippen LogP contribution >= 0.6 is 23.2 Å². The number of benzene rings is 2. The molecule has 0 aromatic heterocycles. The number of hydrogen-bond acceptors (Lipinski definition) is 6. The maximum atomic E-state index is 13.4. The molecule has 186 valence electrons. The third-order valence-electron chi connectivity index (χ3n) is 6.67. The van der Waals surface area contributed by atoms with Crippen molar-refractivity contribution < 1.29 is 28.9 Å². The van der Waals surface area contributed by atoms with Crippen LogP contribution in [0.25, 0.3) is 5.76 Å². The number of hydrogen-bond donors (Lipinski definition) is 1. The van der Waals surface area contributed by atoms with Crippen molar-refractivity contribution in [3.05, 3.63) is 57.1 Å². The van der Waals surface area contributed by atoms with E-state index in [4.69, 9.17) is 37.4 Å². The number of nitrogens with zero attached hydrogens (tertiary/aromatic N) is 1. The average molecular weight is 520 g/mol. The molecular formula is C26H27Cl2NO6. The van der Waals surface area contributed by atoms with Crippen LogP contribution in [0.2, 0.25) is 10.0 Å². The summed E-state index contributed by atoms with van der Waals surface area (Å²) in [5.74, 6) is -0.911. The summed E-state index contributed by atoms with van der Waals surface area (Å²) in [5, 5.41) is 11.7. The Labute approximate surface area is 214 Å². The second-order valence-corrected chi connectivity index (χ2v) is 9.34. The molecule has 1 saturated heterocycles. The predicted molar refractivity (Wildman–Crippen MR) is 134 cm³/mol. The first-order valence-corrected chi connectivity index (χ1v) is 12.1. The molecular weight excluding hydrogens is 493 g/mol. The van der Waals surface area contributed by atoms with Gasteiger partial charge in [-0.15, -0.1) is 0 Å². The molecule has 35 heavy (non-hydrogen) atoms. The largest absolute Gasteiger partial charge is 0.507 e. The van der Waals surface area contributed by atoms with Crippen molar-refractivity contribution in [3.8, 4) is 17.2 Å². The SMILES string of the molecule is COc1ccc(C2/C(=C(\O)c3cc(Cl)c(OC)c(Cl)c3OC)C(=O)C(=O)N2C2CCCCC2)cc1. The van der Waals surface area contributed by atoms with Crippen molar-refractivity contribution in [2.24, 2.45) is 0 Å². The van der Waals surface area contributed by atoms with E-state index in [0.717, 1.165) is 32.1 Å². The van der Waals surface area contributed by atoms with Crippen molar-refractivity contribution in [3.63, 3.8) is 0 Å². The highest BCUT2D eigenvalue weighted by Gasteiger charge is 2.49. The van der Waals surface area contributed by atoms with Gasteiger partial charge in [-0.2, -0.15) is 0 Å². The van der Waals surface area contributed by atoms with Gasteiger partial charge in [0, 0.05) is 6.04 Å². The summed E-state index contributed by atoms with van der Waals surface area (Å²) in [6.07, 6.45) is 4.63. The molecule has 1 saturated carbocycles. The highest BCUT2D eigenvalue weighted by Crippen LogP contribution is 2.48. The van der Waals surface area contributed by atoms with Gasteiger partial charge in [-0.1, -0.05) is 54.6 Å². The zero-order valence-corrected chi connectivity index (χ0v) is 21.3. The Balaban J connectivity index is 1.94. The van der Waals surface area contributed by atoms with Crippen LogP contribution in [0.3, 0.4) is 0 Å². The summed E-state index contributed by atoms with van der Waals surface area (Å²) in [5.41, 5.74) is 0.742. The molecule has 7 nitrogen and oxygen atoms in total. The van der Waals surface area contributed by atoms with E-state index in [1.807, 2.05) is 0 Å². The summed E-state index contributed by atoms with van der Waals surface area (Å²) in [6.45, 7) is 0. The lowest BCUT2D eigenvalue weighted by Gasteiger charge is -2.35. The smallest absolute Gasteiger partial charge is 0.295 e. The van der Waals surface area contributed by atoms with Crippen LogP contribution < -0.4 is 14.2 Å². The van der Waals surface area contributed by atoms with Gasteiger partial charge in [0.15, 0.2) is 11.5 Å². The number of ketones is 1. The molecule has 2 fully saturated rings. The number of carbonyl (C=O) groups is 2. The van der Waals surface area contributed by atoms with Gasteiger partial charge >= 0.3 is 0 Å². The maximum Gasteiger partial charge on any atom is 0.295 e. The monoisotopic (exact) mass is 519 g/mol. The van der Waals surface area contributed by atoms with E-state index in [9.17, 15) is 14.7 Å².